The van der Waals surface area contributed by atoms with E-state index in [0.29, 0.717) is 123 Å². The van der Waals surface area contributed by atoms with E-state index in [9.17, 15) is 38.7 Å². The second-order valence-corrected chi connectivity index (χ2v) is 16.3. The van der Waals surface area contributed by atoms with Gasteiger partial charge in [0.05, 0.1) is 132 Å². The molecule has 0 unspecified atom stereocenters. The van der Waals surface area contributed by atoms with Gasteiger partial charge in [-0.3, -0.25) is 38.5 Å². The van der Waals surface area contributed by atoms with Crippen LogP contribution < -0.4 is 26.6 Å². The van der Waals surface area contributed by atoms with Crippen LogP contribution in [-0.2, 0) is 95.9 Å². The maximum atomic E-state index is 12.9. The fourth-order valence-electron chi connectivity index (χ4n) is 6.08. The molecule has 0 spiro atoms. The molecule has 0 bridgehead atoms. The van der Waals surface area contributed by atoms with Gasteiger partial charge in [0.25, 0.3) is 11.8 Å². The van der Waals surface area contributed by atoms with Gasteiger partial charge in [-0.05, 0) is 30.5 Å². The maximum absolute atomic E-state index is 12.9. The molecule has 2 heterocycles. The molecule has 2 atom stereocenters. The van der Waals surface area contributed by atoms with Crippen LogP contribution in [0.5, 0.6) is 0 Å². The number of amides is 7. The fraction of sp³-hybridized carbons (Fsp3) is 0.638. The van der Waals surface area contributed by atoms with Crippen LogP contribution in [0.1, 0.15) is 38.4 Å². The fourth-order valence-corrected chi connectivity index (χ4v) is 6.08. The number of aliphatic hydroxyl groups excluding tert-OH is 1. The average molecular weight is 1040 g/mol. The lowest BCUT2D eigenvalue weighted by Crippen LogP contribution is -2.54. The topological polar surface area (TPSA) is 317 Å². The van der Waals surface area contributed by atoms with Gasteiger partial charge in [0.15, 0.2) is 0 Å². The summed E-state index contributed by atoms with van der Waals surface area (Å²) in [6.07, 6.45) is 4.06. The van der Waals surface area contributed by atoms with E-state index in [1.807, 2.05) is 0 Å². The van der Waals surface area contributed by atoms with Crippen molar-refractivity contribution in [3.63, 3.8) is 0 Å². The average Bonchev–Trinajstić information content (AvgIpc) is 3.97. The Bertz CT molecular complexity index is 1950. The molecule has 0 aliphatic carbocycles. The minimum absolute atomic E-state index is 0.00127. The first kappa shape index (κ1) is 61.5. The van der Waals surface area contributed by atoms with Crippen LogP contribution in [0.2, 0.25) is 0 Å². The third kappa shape index (κ3) is 28.3. The first-order chi connectivity index (χ1) is 35.4. The molecule has 1 aliphatic rings. The summed E-state index contributed by atoms with van der Waals surface area (Å²) in [5.74, 6) is -3.51. The van der Waals surface area contributed by atoms with Crippen molar-refractivity contribution in [2.24, 2.45) is 5.92 Å². The van der Waals surface area contributed by atoms with Crippen molar-refractivity contribution >= 4 is 47.0 Å². The highest BCUT2D eigenvalue weighted by atomic mass is 16.6. The Hall–Kier alpha value is -5.81. The quantitative estimate of drug-likeness (QED) is 0.0317. The molecule has 0 fully saturated rings. The number of nitrogens with zero attached hydrogens (tertiary/aromatic N) is 4. The number of ether oxygens (including phenoxy) is 9. The number of imide groups is 1. The minimum Gasteiger partial charge on any atom is -0.392 e. The van der Waals surface area contributed by atoms with Crippen molar-refractivity contribution in [3.8, 4) is 0 Å². The van der Waals surface area contributed by atoms with Gasteiger partial charge in [-0.1, -0.05) is 31.2 Å². The molecule has 408 valence electrons. The summed E-state index contributed by atoms with van der Waals surface area (Å²) in [7, 11) is 0. The van der Waals surface area contributed by atoms with E-state index in [2.05, 4.69) is 36.9 Å². The summed E-state index contributed by atoms with van der Waals surface area (Å²) >= 11 is 0. The van der Waals surface area contributed by atoms with Crippen LogP contribution in [-0.4, -0.2) is 210 Å². The Kier molecular flexibility index (Phi) is 31.9. The molecule has 1 aromatic carbocycles. The summed E-state index contributed by atoms with van der Waals surface area (Å²) in [4.78, 5) is 86.3. The van der Waals surface area contributed by atoms with E-state index >= 15 is 0 Å². The lowest BCUT2D eigenvalue weighted by Gasteiger charge is -2.23. The molecular weight excluding hydrogens is 963 g/mol. The van der Waals surface area contributed by atoms with Crippen LogP contribution in [0.25, 0.3) is 0 Å². The number of benzene rings is 1. The monoisotopic (exact) mass is 1040 g/mol. The number of carbonyl (C=O) groups excluding carboxylic acids is 7. The first-order valence-electron chi connectivity index (χ1n) is 24.1. The number of anilines is 1. The highest BCUT2D eigenvalue weighted by Gasteiger charge is 2.27. The second kappa shape index (κ2) is 37.9. The van der Waals surface area contributed by atoms with E-state index in [0.717, 1.165) is 4.90 Å². The van der Waals surface area contributed by atoms with E-state index in [4.69, 9.17) is 42.6 Å². The molecular formula is C47H73N9O17. The third-order valence-electron chi connectivity index (χ3n) is 10.0. The summed E-state index contributed by atoms with van der Waals surface area (Å²) in [6, 6.07) is 4.76. The van der Waals surface area contributed by atoms with Gasteiger partial charge in [0.2, 0.25) is 29.5 Å². The number of nitrogens with one attached hydrogen (secondary N) is 5. The number of hydrogen-bond acceptors (Lipinski definition) is 19. The summed E-state index contributed by atoms with van der Waals surface area (Å²) in [5, 5.41) is 30.4. The van der Waals surface area contributed by atoms with Gasteiger partial charge in [-0.2, -0.15) is 0 Å². The molecule has 7 amide bonds. The Labute approximate surface area is 424 Å². The van der Waals surface area contributed by atoms with Gasteiger partial charge in [-0.25, -0.2) is 4.68 Å². The van der Waals surface area contributed by atoms with Crippen molar-refractivity contribution in [1.82, 2.24) is 41.2 Å². The molecule has 2 aromatic rings. The summed E-state index contributed by atoms with van der Waals surface area (Å²) < 4.78 is 50.8. The molecule has 73 heavy (non-hydrogen) atoms. The summed E-state index contributed by atoms with van der Waals surface area (Å²) in [5.41, 5.74) is 1.76. The second-order valence-electron chi connectivity index (χ2n) is 16.3. The minimum atomic E-state index is -0.946. The highest BCUT2D eigenvalue weighted by Crippen LogP contribution is 2.11. The zero-order chi connectivity index (χ0) is 52.9. The van der Waals surface area contributed by atoms with Crippen molar-refractivity contribution < 1.29 is 81.3 Å². The Morgan fingerprint density at radius 1 is 0.589 bits per heavy atom. The summed E-state index contributed by atoms with van der Waals surface area (Å²) in [6.45, 7) is 11.2. The molecule has 1 aromatic heterocycles. The zero-order valence-corrected chi connectivity index (χ0v) is 42.0. The molecule has 26 heteroatoms. The molecule has 0 saturated carbocycles. The lowest BCUT2D eigenvalue weighted by molar-refractivity contribution is -0.137. The maximum Gasteiger partial charge on any atom is 0.253 e. The largest absolute Gasteiger partial charge is 0.392 e. The van der Waals surface area contributed by atoms with Crippen LogP contribution in [0.15, 0.2) is 42.6 Å². The molecule has 26 nitrogen and oxygen atoms in total. The number of hydrogen-bond donors (Lipinski definition) is 6. The van der Waals surface area contributed by atoms with E-state index in [-0.39, 0.29) is 57.7 Å². The number of rotatable bonds is 43. The van der Waals surface area contributed by atoms with Crippen LogP contribution in [0.4, 0.5) is 5.69 Å². The third-order valence-corrected chi connectivity index (χ3v) is 10.0. The van der Waals surface area contributed by atoms with E-state index in [1.54, 1.807) is 49.0 Å². The van der Waals surface area contributed by atoms with E-state index < -0.39 is 54.1 Å². The smallest absolute Gasteiger partial charge is 0.253 e. The van der Waals surface area contributed by atoms with Crippen molar-refractivity contribution in [1.29, 1.82) is 0 Å². The standard InChI is InChI=1S/C47H73N9O17/c1-35(2)45(47(64)50-36(3)46(63)51-38-6-4-37(32-57)5-7-38)52-42(60)34-73-33-41(59)48-11-14-65-16-18-67-20-22-69-24-26-71-28-29-72-27-25-70-23-21-68-19-17-66-15-13-55-31-39(53-54-55)30-49-40(58)10-12-56-43(61)8-9-44(56)62/h4-9,31,35-36,45,57H,10-30,32-34H2,1-3H3,(H,48,59)(H,49,58)(H,50,64)(H,51,63)(H,52,60)/t36-,45-/m0/s1. The molecule has 1 aliphatic heterocycles. The van der Waals surface area contributed by atoms with Gasteiger partial charge in [-0.15, -0.1) is 5.10 Å². The number of aliphatic hydroxyl groups is 1. The highest BCUT2D eigenvalue weighted by molar-refractivity contribution is 6.13. The van der Waals surface area contributed by atoms with Crippen LogP contribution >= 0.6 is 0 Å². The normalized spacial score (nSPS) is 13.1. The Balaban J connectivity index is 0.997. The zero-order valence-electron chi connectivity index (χ0n) is 42.0. The Morgan fingerprint density at radius 2 is 1.10 bits per heavy atom. The molecule has 0 radical (unpaired) electrons. The predicted octanol–water partition coefficient (Wildman–Crippen LogP) is -1.75. The first-order valence-corrected chi connectivity index (χ1v) is 24.1. The lowest BCUT2D eigenvalue weighted by atomic mass is 10.0. The van der Waals surface area contributed by atoms with Crippen molar-refractivity contribution in [2.45, 2.75) is 59.0 Å². The van der Waals surface area contributed by atoms with Gasteiger partial charge in [0, 0.05) is 37.3 Å². The van der Waals surface area contributed by atoms with Crippen LogP contribution in [0.3, 0.4) is 0 Å². The molecule has 0 saturated heterocycles. The van der Waals surface area contributed by atoms with Crippen molar-refractivity contribution in [2.75, 3.05) is 137 Å². The molecule has 3 rings (SSSR count). The predicted molar refractivity (Wildman–Crippen MR) is 258 cm³/mol. The Morgan fingerprint density at radius 3 is 1.62 bits per heavy atom. The number of aromatic nitrogens is 3. The van der Waals surface area contributed by atoms with Gasteiger partial charge >= 0.3 is 0 Å². The van der Waals surface area contributed by atoms with E-state index in [1.165, 1.54) is 19.1 Å². The van der Waals surface area contributed by atoms with Gasteiger partial charge in [0.1, 0.15) is 31.0 Å². The SMILES string of the molecule is CC(C)[C@H](NC(=O)COCC(=O)NCCOCCOCCOCCOCCOCCOCCOCCOCCn1cc(CNC(=O)CCN2C(=O)C=CC2=O)nn1)C(=O)N[C@@H](C)C(=O)Nc1ccc(CO)cc1. The van der Waals surface area contributed by atoms with Crippen LogP contribution in [0, 0.1) is 5.92 Å². The van der Waals surface area contributed by atoms with Gasteiger partial charge < -0.3 is 74.3 Å². The number of carbonyl (C=O) groups is 7. The molecule has 6 N–H and O–H groups in total. The van der Waals surface area contributed by atoms with Crippen molar-refractivity contribution in [3.05, 3.63) is 53.9 Å².